The Morgan fingerprint density at radius 3 is 3.04 bits per heavy atom. The molecule has 132 valence electrons. The number of hydrogen-bond donors (Lipinski definition) is 1. The van der Waals surface area contributed by atoms with Gasteiger partial charge in [0.1, 0.15) is 6.33 Å². The van der Waals surface area contributed by atoms with Crippen LogP contribution in [0.3, 0.4) is 0 Å². The maximum atomic E-state index is 11.1. The third-order valence-electron chi connectivity index (χ3n) is 4.39. The van der Waals surface area contributed by atoms with Crippen LogP contribution in [0, 0.1) is 6.92 Å². The Labute approximate surface area is 147 Å². The molecule has 1 aliphatic heterocycles. The van der Waals surface area contributed by atoms with Crippen LogP contribution in [0.2, 0.25) is 0 Å². The summed E-state index contributed by atoms with van der Waals surface area (Å²) < 4.78 is 5.88. The van der Waals surface area contributed by atoms with Crippen molar-refractivity contribution in [3.63, 3.8) is 0 Å². The van der Waals surface area contributed by atoms with Crippen molar-refractivity contribution in [2.45, 2.75) is 32.4 Å². The largest absolute Gasteiger partial charge is 0.478 e. The van der Waals surface area contributed by atoms with E-state index >= 15 is 0 Å². The van der Waals surface area contributed by atoms with E-state index in [4.69, 9.17) is 9.84 Å². The van der Waals surface area contributed by atoms with E-state index in [2.05, 4.69) is 14.9 Å². The van der Waals surface area contributed by atoms with Crippen molar-refractivity contribution in [3.8, 4) is 0 Å². The van der Waals surface area contributed by atoms with Crippen LogP contribution in [0.15, 0.2) is 36.7 Å². The summed E-state index contributed by atoms with van der Waals surface area (Å²) in [7, 11) is 0. The summed E-state index contributed by atoms with van der Waals surface area (Å²) in [6.45, 7) is 5.12. The monoisotopic (exact) mass is 341 g/mol. The van der Waals surface area contributed by atoms with Crippen molar-refractivity contribution in [1.29, 1.82) is 0 Å². The third-order valence-corrected chi connectivity index (χ3v) is 4.39. The highest BCUT2D eigenvalue weighted by Gasteiger charge is 2.20. The summed E-state index contributed by atoms with van der Waals surface area (Å²) >= 11 is 0. The van der Waals surface area contributed by atoms with Crippen LogP contribution in [0.5, 0.6) is 0 Å². The van der Waals surface area contributed by atoms with E-state index in [1.807, 2.05) is 19.1 Å². The molecule has 1 fully saturated rings. The molecule has 2 heterocycles. The van der Waals surface area contributed by atoms with E-state index in [-0.39, 0.29) is 6.10 Å². The number of aryl methyl sites for hydroxylation is 2. The fourth-order valence-corrected chi connectivity index (χ4v) is 3.11. The molecular formula is C19H23N3O3. The molecule has 3 rings (SSSR count). The van der Waals surface area contributed by atoms with Gasteiger partial charge in [0.25, 0.3) is 0 Å². The van der Waals surface area contributed by atoms with Crippen LogP contribution in [-0.2, 0) is 17.7 Å². The number of carbonyl (C=O) groups is 1. The van der Waals surface area contributed by atoms with Gasteiger partial charge >= 0.3 is 5.97 Å². The molecule has 0 aliphatic carbocycles. The number of benzene rings is 1. The number of aromatic nitrogens is 2. The topological polar surface area (TPSA) is 75.6 Å². The highest BCUT2D eigenvalue weighted by Crippen LogP contribution is 2.15. The van der Waals surface area contributed by atoms with Gasteiger partial charge in [-0.1, -0.05) is 12.1 Å². The number of hydrogen-bond acceptors (Lipinski definition) is 5. The Hall–Kier alpha value is -2.31. The molecule has 1 atom stereocenters. The van der Waals surface area contributed by atoms with Crippen LogP contribution < -0.4 is 0 Å². The van der Waals surface area contributed by atoms with Crippen molar-refractivity contribution in [1.82, 2.24) is 14.9 Å². The zero-order valence-electron chi connectivity index (χ0n) is 14.4. The summed E-state index contributed by atoms with van der Waals surface area (Å²) in [5.41, 5.74) is 3.38. The zero-order valence-corrected chi connectivity index (χ0v) is 14.4. The van der Waals surface area contributed by atoms with Crippen LogP contribution in [-0.4, -0.2) is 51.7 Å². The first-order chi connectivity index (χ1) is 12.1. The molecular weight excluding hydrogens is 318 g/mol. The average molecular weight is 341 g/mol. The van der Waals surface area contributed by atoms with E-state index in [9.17, 15) is 4.79 Å². The summed E-state index contributed by atoms with van der Waals surface area (Å²) in [5, 5.41) is 9.11. The van der Waals surface area contributed by atoms with Crippen molar-refractivity contribution >= 4 is 5.97 Å². The van der Waals surface area contributed by atoms with Gasteiger partial charge in [0.05, 0.1) is 18.3 Å². The fraction of sp³-hybridized carbons (Fsp3) is 0.421. The van der Waals surface area contributed by atoms with Gasteiger partial charge in [-0.3, -0.25) is 4.90 Å². The predicted molar refractivity (Wildman–Crippen MR) is 93.5 cm³/mol. The summed E-state index contributed by atoms with van der Waals surface area (Å²) in [6.07, 6.45) is 3.57. The average Bonchev–Trinajstić information content (AvgIpc) is 2.61. The van der Waals surface area contributed by atoms with Crippen LogP contribution >= 0.6 is 0 Å². The highest BCUT2D eigenvalue weighted by atomic mass is 16.5. The van der Waals surface area contributed by atoms with Gasteiger partial charge in [0, 0.05) is 31.0 Å². The second-order valence-electron chi connectivity index (χ2n) is 6.42. The van der Waals surface area contributed by atoms with Gasteiger partial charge in [-0.2, -0.15) is 0 Å². The molecule has 0 amide bonds. The Morgan fingerprint density at radius 2 is 2.24 bits per heavy atom. The minimum Gasteiger partial charge on any atom is -0.478 e. The SMILES string of the molecule is Cc1cc(CC[C@H]2CN(Cc3cccc(C(=O)O)c3)CCO2)ncn1. The number of aromatic carboxylic acids is 1. The molecule has 25 heavy (non-hydrogen) atoms. The number of carboxylic acids is 1. The van der Waals surface area contributed by atoms with E-state index in [1.54, 1.807) is 24.5 Å². The molecule has 1 N–H and O–H groups in total. The van der Waals surface area contributed by atoms with Crippen LogP contribution in [0.4, 0.5) is 0 Å². The smallest absolute Gasteiger partial charge is 0.335 e. The lowest BCUT2D eigenvalue weighted by atomic mass is 10.1. The van der Waals surface area contributed by atoms with Crippen molar-refractivity contribution in [2.75, 3.05) is 19.7 Å². The maximum absolute atomic E-state index is 11.1. The molecule has 2 aromatic rings. The summed E-state index contributed by atoms with van der Waals surface area (Å²) in [5.74, 6) is -0.887. The minimum atomic E-state index is -0.887. The fourth-order valence-electron chi connectivity index (χ4n) is 3.11. The number of rotatable bonds is 6. The number of morpholine rings is 1. The number of carboxylic acid groups (broad SMARTS) is 1. The van der Waals surface area contributed by atoms with E-state index in [0.717, 1.165) is 49.4 Å². The Kier molecular flexibility index (Phi) is 5.73. The lowest BCUT2D eigenvalue weighted by Crippen LogP contribution is -2.42. The molecule has 6 heteroatoms. The molecule has 6 nitrogen and oxygen atoms in total. The van der Waals surface area contributed by atoms with E-state index in [0.29, 0.717) is 12.2 Å². The van der Waals surface area contributed by atoms with Crippen molar-refractivity contribution < 1.29 is 14.6 Å². The second-order valence-corrected chi connectivity index (χ2v) is 6.42. The number of nitrogens with zero attached hydrogens (tertiary/aromatic N) is 3. The van der Waals surface area contributed by atoms with Crippen LogP contribution in [0.1, 0.15) is 33.7 Å². The first kappa shape index (κ1) is 17.5. The molecule has 1 aliphatic rings. The zero-order chi connectivity index (χ0) is 17.6. The molecule has 0 unspecified atom stereocenters. The summed E-state index contributed by atoms with van der Waals surface area (Å²) in [4.78, 5) is 21.8. The second kappa shape index (κ2) is 8.18. The molecule has 0 spiro atoms. The maximum Gasteiger partial charge on any atom is 0.335 e. The van der Waals surface area contributed by atoms with E-state index in [1.165, 1.54) is 0 Å². The molecule has 1 aromatic heterocycles. The normalized spacial score (nSPS) is 18.2. The molecule has 0 saturated carbocycles. The predicted octanol–water partition coefficient (Wildman–Crippen LogP) is 2.32. The standard InChI is InChI=1S/C19H23N3O3/c1-14-9-17(21-13-20-14)5-6-18-12-22(7-8-25-18)11-15-3-2-4-16(10-15)19(23)24/h2-4,9-10,13,18H,5-8,11-12H2,1H3,(H,23,24)/t18-/m0/s1. The van der Waals surface area contributed by atoms with Crippen LogP contribution in [0.25, 0.3) is 0 Å². The van der Waals surface area contributed by atoms with Crippen molar-refractivity contribution in [3.05, 3.63) is 59.2 Å². The van der Waals surface area contributed by atoms with E-state index < -0.39 is 5.97 Å². The lowest BCUT2D eigenvalue weighted by molar-refractivity contribution is -0.0346. The quantitative estimate of drug-likeness (QED) is 0.869. The first-order valence-electron chi connectivity index (χ1n) is 8.54. The lowest BCUT2D eigenvalue weighted by Gasteiger charge is -2.33. The highest BCUT2D eigenvalue weighted by molar-refractivity contribution is 5.87. The number of ether oxygens (including phenoxy) is 1. The summed E-state index contributed by atoms with van der Waals surface area (Å²) in [6, 6.07) is 9.15. The van der Waals surface area contributed by atoms with Gasteiger partial charge in [0.2, 0.25) is 0 Å². The molecule has 1 aromatic carbocycles. The Morgan fingerprint density at radius 1 is 1.36 bits per heavy atom. The van der Waals surface area contributed by atoms with Crippen molar-refractivity contribution in [2.24, 2.45) is 0 Å². The third kappa shape index (κ3) is 5.08. The molecule has 1 saturated heterocycles. The van der Waals surface area contributed by atoms with Gasteiger partial charge in [-0.25, -0.2) is 14.8 Å². The Balaban J connectivity index is 1.54. The van der Waals surface area contributed by atoms with Gasteiger partial charge in [-0.15, -0.1) is 0 Å². The van der Waals surface area contributed by atoms with Gasteiger partial charge in [-0.05, 0) is 43.5 Å². The molecule has 0 radical (unpaired) electrons. The first-order valence-corrected chi connectivity index (χ1v) is 8.54. The Bertz CT molecular complexity index is 735. The van der Waals surface area contributed by atoms with Gasteiger partial charge < -0.3 is 9.84 Å². The minimum absolute atomic E-state index is 0.173. The molecule has 0 bridgehead atoms. The van der Waals surface area contributed by atoms with Gasteiger partial charge in [0.15, 0.2) is 0 Å².